The van der Waals surface area contributed by atoms with Crippen LogP contribution in [0.4, 0.5) is 23.7 Å². The van der Waals surface area contributed by atoms with Crippen LogP contribution >= 0.6 is 0 Å². The molecule has 6 rings (SSSR count). The molecule has 7 nitrogen and oxygen atoms in total. The molecule has 1 aliphatic heterocycles. The Kier molecular flexibility index (Phi) is 11.8. The topological polar surface area (TPSA) is 81.2 Å². The van der Waals surface area contributed by atoms with E-state index in [1.165, 1.54) is 9.21 Å². The third-order valence-corrected chi connectivity index (χ3v) is 11.7. The largest absolute Gasteiger partial charge is 0.465 e. The molecule has 0 aliphatic carbocycles. The normalized spacial score (nSPS) is 17.8. The van der Waals surface area contributed by atoms with Crippen molar-refractivity contribution in [2.75, 3.05) is 10.8 Å². The van der Waals surface area contributed by atoms with Gasteiger partial charge in [-0.3, -0.25) is 14.1 Å². The summed E-state index contributed by atoms with van der Waals surface area (Å²) in [6.45, 7) is 0.831. The fourth-order valence-corrected chi connectivity index (χ4v) is 9.16. The number of hydrogen-bond donors (Lipinski definition) is 1. The lowest BCUT2D eigenvalue weighted by Gasteiger charge is -2.52. The molecular weight excluding hydrogens is 700 g/mol. The van der Waals surface area contributed by atoms with Crippen LogP contribution in [0.5, 0.6) is 0 Å². The maximum atomic E-state index is 14.8. The summed E-state index contributed by atoms with van der Waals surface area (Å²) in [5, 5.41) is 10.8. The zero-order valence-electron chi connectivity index (χ0n) is 29.1. The molecule has 276 valence electrons. The first-order valence-corrected chi connectivity index (χ1v) is 19.1. The van der Waals surface area contributed by atoms with E-state index in [9.17, 15) is 31.5 Å². The first kappa shape index (κ1) is 37.6. The van der Waals surface area contributed by atoms with E-state index >= 15 is 0 Å². The van der Waals surface area contributed by atoms with E-state index in [2.05, 4.69) is 4.90 Å². The summed E-state index contributed by atoms with van der Waals surface area (Å²) in [6, 6.07) is 40.8. The minimum atomic E-state index is -4.64. The van der Waals surface area contributed by atoms with Crippen molar-refractivity contribution in [3.63, 3.8) is 0 Å². The highest BCUT2D eigenvalue weighted by Gasteiger charge is 2.48. The summed E-state index contributed by atoms with van der Waals surface area (Å²) < 4.78 is 71.6. The van der Waals surface area contributed by atoms with Gasteiger partial charge in [0.2, 0.25) is 0 Å². The molecule has 1 unspecified atom stereocenters. The Morgan fingerprint density at radius 3 is 1.70 bits per heavy atom. The molecule has 1 N–H and O–H groups in total. The predicted octanol–water partition coefficient (Wildman–Crippen LogP) is 9.32. The van der Waals surface area contributed by atoms with Crippen molar-refractivity contribution in [3.05, 3.63) is 168 Å². The van der Waals surface area contributed by atoms with E-state index in [0.717, 1.165) is 41.0 Å². The SMILES string of the molecule is O=C(O)N1CC[C@H](N(c2ccccc2)S(=O)(=O)c2ccc(C(F)(F)F)cc2)C(CCCc2ccccc2)[C@H]1N(Cc1ccccc1)Cc1ccccc1. The van der Waals surface area contributed by atoms with E-state index in [4.69, 9.17) is 0 Å². The predicted molar refractivity (Wildman–Crippen MR) is 199 cm³/mol. The number of anilines is 1. The Bertz CT molecular complexity index is 1980. The minimum absolute atomic E-state index is 0.0474. The third-order valence-electron chi connectivity index (χ3n) is 9.84. The third kappa shape index (κ3) is 9.09. The second kappa shape index (κ2) is 16.7. The molecule has 1 fully saturated rings. The molecule has 5 aromatic rings. The second-order valence-electron chi connectivity index (χ2n) is 13.3. The van der Waals surface area contributed by atoms with Crippen LogP contribution in [0.15, 0.2) is 150 Å². The van der Waals surface area contributed by atoms with Gasteiger partial charge in [-0.15, -0.1) is 0 Å². The van der Waals surface area contributed by atoms with Crippen molar-refractivity contribution < 1.29 is 31.5 Å². The van der Waals surface area contributed by atoms with E-state index in [1.54, 1.807) is 30.3 Å². The molecule has 1 aliphatic rings. The molecule has 5 aromatic carbocycles. The van der Waals surface area contributed by atoms with Crippen molar-refractivity contribution in [3.8, 4) is 0 Å². The summed E-state index contributed by atoms with van der Waals surface area (Å²) >= 11 is 0. The molecule has 0 aromatic heterocycles. The van der Waals surface area contributed by atoms with Crippen LogP contribution in [-0.4, -0.2) is 48.2 Å². The number of amides is 1. The summed E-state index contributed by atoms with van der Waals surface area (Å²) in [5.74, 6) is -0.541. The zero-order valence-corrected chi connectivity index (χ0v) is 29.9. The molecular formula is C42H42F3N3O4S. The van der Waals surface area contributed by atoms with Crippen LogP contribution in [-0.2, 0) is 35.7 Å². The van der Waals surface area contributed by atoms with Gasteiger partial charge in [-0.1, -0.05) is 109 Å². The molecule has 1 heterocycles. The monoisotopic (exact) mass is 741 g/mol. The number of rotatable bonds is 13. The highest BCUT2D eigenvalue weighted by atomic mass is 32.2. The van der Waals surface area contributed by atoms with Gasteiger partial charge in [0.25, 0.3) is 10.0 Å². The Hall–Kier alpha value is -5.13. The number of nitrogens with zero attached hydrogens (tertiary/aromatic N) is 3. The smallest absolute Gasteiger partial charge is 0.416 e. The van der Waals surface area contributed by atoms with Gasteiger partial charge < -0.3 is 5.11 Å². The molecule has 1 saturated heterocycles. The number of hydrogen-bond acceptors (Lipinski definition) is 4. The quantitative estimate of drug-likeness (QED) is 0.130. The van der Waals surface area contributed by atoms with Crippen molar-refractivity contribution >= 4 is 21.8 Å². The molecule has 0 radical (unpaired) electrons. The van der Waals surface area contributed by atoms with E-state index in [1.807, 2.05) is 91.0 Å². The fourth-order valence-electron chi connectivity index (χ4n) is 7.44. The maximum Gasteiger partial charge on any atom is 0.416 e. The maximum absolute atomic E-state index is 14.8. The molecule has 11 heteroatoms. The minimum Gasteiger partial charge on any atom is -0.465 e. The number of alkyl halides is 3. The van der Waals surface area contributed by atoms with Crippen LogP contribution in [0.25, 0.3) is 0 Å². The van der Waals surface area contributed by atoms with Crippen molar-refractivity contribution in [1.29, 1.82) is 0 Å². The van der Waals surface area contributed by atoms with Crippen LogP contribution in [0.1, 0.15) is 41.5 Å². The Labute approximate surface area is 309 Å². The molecule has 53 heavy (non-hydrogen) atoms. The van der Waals surface area contributed by atoms with Gasteiger partial charge in [-0.2, -0.15) is 13.2 Å². The average molecular weight is 742 g/mol. The number of para-hydroxylation sites is 1. The summed E-state index contributed by atoms with van der Waals surface area (Å²) in [5.41, 5.74) is 2.45. The standard InChI is InChI=1S/C42H42F3N3O4S/c43-42(44,45)35-24-26-37(27-25-35)53(51,52)48(36-21-11-4-12-22-36)39-28-29-47(41(49)50)40(38(39)23-13-20-32-14-5-1-6-15-32)46(30-33-16-7-2-8-17-33)31-34-18-9-3-10-19-34/h1-12,14-19,21-22,24-27,38-40H,13,20,23,28-31H2,(H,49,50)/t38?,39-,40-/m0/s1. The summed E-state index contributed by atoms with van der Waals surface area (Å²) in [7, 11) is -4.45. The number of carbonyl (C=O) groups is 1. The van der Waals surface area contributed by atoms with Gasteiger partial charge in [0.1, 0.15) is 0 Å². The van der Waals surface area contributed by atoms with Gasteiger partial charge in [-0.25, -0.2) is 13.2 Å². The van der Waals surface area contributed by atoms with E-state index in [0.29, 0.717) is 38.0 Å². The number of sulfonamides is 1. The lowest BCUT2D eigenvalue weighted by atomic mass is 9.83. The van der Waals surface area contributed by atoms with Crippen molar-refractivity contribution in [1.82, 2.24) is 9.80 Å². The number of piperidine rings is 1. The van der Waals surface area contributed by atoms with E-state index < -0.39 is 46.0 Å². The highest BCUT2D eigenvalue weighted by Crippen LogP contribution is 2.40. The molecule has 0 saturated carbocycles. The van der Waals surface area contributed by atoms with Crippen LogP contribution < -0.4 is 4.31 Å². The van der Waals surface area contributed by atoms with Crippen LogP contribution in [0.3, 0.4) is 0 Å². The summed E-state index contributed by atoms with van der Waals surface area (Å²) in [4.78, 5) is 16.4. The molecule has 0 bridgehead atoms. The molecule has 0 spiro atoms. The molecule has 3 atom stereocenters. The van der Waals surface area contributed by atoms with Gasteiger partial charge in [0, 0.05) is 25.6 Å². The number of aryl methyl sites for hydroxylation is 1. The van der Waals surface area contributed by atoms with Crippen LogP contribution in [0, 0.1) is 5.92 Å². The first-order chi connectivity index (χ1) is 25.5. The zero-order chi connectivity index (χ0) is 37.4. The Balaban J connectivity index is 1.49. The lowest BCUT2D eigenvalue weighted by molar-refractivity contribution is -0.137. The van der Waals surface area contributed by atoms with Crippen molar-refractivity contribution in [2.45, 2.75) is 62.1 Å². The number of halogens is 3. The summed E-state index contributed by atoms with van der Waals surface area (Å²) in [6.07, 6.45) is -4.51. The molecule has 1 amide bonds. The van der Waals surface area contributed by atoms with Gasteiger partial charge in [-0.05, 0) is 78.8 Å². The number of carboxylic acid groups (broad SMARTS) is 1. The van der Waals surface area contributed by atoms with E-state index in [-0.39, 0.29) is 17.9 Å². The fraction of sp³-hybridized carbons (Fsp3) is 0.262. The average Bonchev–Trinajstić information content (AvgIpc) is 3.16. The lowest BCUT2D eigenvalue weighted by Crippen LogP contribution is -2.64. The Morgan fingerprint density at radius 1 is 0.717 bits per heavy atom. The Morgan fingerprint density at radius 2 is 1.21 bits per heavy atom. The number of benzene rings is 5. The van der Waals surface area contributed by atoms with Gasteiger partial charge in [0.15, 0.2) is 0 Å². The van der Waals surface area contributed by atoms with Crippen LogP contribution in [0.2, 0.25) is 0 Å². The first-order valence-electron chi connectivity index (χ1n) is 17.6. The van der Waals surface area contributed by atoms with Gasteiger partial charge >= 0.3 is 12.3 Å². The van der Waals surface area contributed by atoms with Crippen molar-refractivity contribution in [2.24, 2.45) is 5.92 Å². The second-order valence-corrected chi connectivity index (χ2v) is 15.1. The number of likely N-dealkylation sites (tertiary alicyclic amines) is 1. The highest BCUT2D eigenvalue weighted by molar-refractivity contribution is 7.92. The van der Waals surface area contributed by atoms with Gasteiger partial charge in [0.05, 0.1) is 28.4 Å².